The Kier molecular flexibility index (Phi) is 3.85. The summed E-state index contributed by atoms with van der Waals surface area (Å²) in [7, 11) is 0. The molecule has 3 rings (SSSR count). The molecule has 112 valence electrons. The van der Waals surface area contributed by atoms with Crippen LogP contribution in [0.3, 0.4) is 0 Å². The van der Waals surface area contributed by atoms with Gasteiger partial charge >= 0.3 is 0 Å². The number of pyridine rings is 1. The molecule has 21 heavy (non-hydrogen) atoms. The molecule has 1 fully saturated rings. The van der Waals surface area contributed by atoms with Crippen LogP contribution in [0, 0.1) is 15.5 Å². The highest BCUT2D eigenvalue weighted by Crippen LogP contribution is 2.42. The fraction of sp³-hybridized carbons (Fsp3) is 0.533. The van der Waals surface area contributed by atoms with Crippen LogP contribution in [-0.4, -0.2) is 23.0 Å². The number of rotatable bonds is 2. The Morgan fingerprint density at radius 3 is 2.90 bits per heavy atom. The zero-order valence-corrected chi connectivity index (χ0v) is 12.6. The Morgan fingerprint density at radius 2 is 2.24 bits per heavy atom. The molecular weight excluding hydrogens is 290 g/mol. The zero-order valence-electron chi connectivity index (χ0n) is 11.8. The fourth-order valence-corrected chi connectivity index (χ4v) is 3.74. The van der Waals surface area contributed by atoms with Gasteiger partial charge in [-0.05, 0) is 37.5 Å². The van der Waals surface area contributed by atoms with Crippen molar-refractivity contribution in [2.75, 3.05) is 18.0 Å². The van der Waals surface area contributed by atoms with Crippen molar-refractivity contribution in [1.29, 1.82) is 0 Å². The predicted octanol–water partition coefficient (Wildman–Crippen LogP) is 3.97. The molecule has 1 saturated heterocycles. The SMILES string of the molecule is O=[N+]([O-])c1cnc(N2CCCC3(CC=CCC3)C2)c(Cl)c1. The summed E-state index contributed by atoms with van der Waals surface area (Å²) in [6.45, 7) is 1.85. The van der Waals surface area contributed by atoms with E-state index in [2.05, 4.69) is 22.0 Å². The molecule has 5 nitrogen and oxygen atoms in total. The highest BCUT2D eigenvalue weighted by molar-refractivity contribution is 6.33. The summed E-state index contributed by atoms with van der Waals surface area (Å²) in [5, 5.41) is 11.1. The lowest BCUT2D eigenvalue weighted by Gasteiger charge is -2.44. The van der Waals surface area contributed by atoms with Gasteiger partial charge in [-0.25, -0.2) is 4.98 Å². The average molecular weight is 308 g/mol. The van der Waals surface area contributed by atoms with E-state index in [1.165, 1.54) is 25.1 Å². The van der Waals surface area contributed by atoms with E-state index in [0.717, 1.165) is 32.4 Å². The zero-order chi connectivity index (χ0) is 14.9. The molecular formula is C15H18ClN3O2. The molecule has 2 aliphatic rings. The molecule has 0 N–H and O–H groups in total. The highest BCUT2D eigenvalue weighted by Gasteiger charge is 2.36. The highest BCUT2D eigenvalue weighted by atomic mass is 35.5. The van der Waals surface area contributed by atoms with Crippen LogP contribution in [0.4, 0.5) is 11.5 Å². The molecule has 1 unspecified atom stereocenters. The van der Waals surface area contributed by atoms with E-state index in [1.54, 1.807) is 0 Å². The van der Waals surface area contributed by atoms with Crippen LogP contribution in [0.1, 0.15) is 32.1 Å². The summed E-state index contributed by atoms with van der Waals surface area (Å²) in [6, 6.07) is 1.39. The largest absolute Gasteiger partial charge is 0.355 e. The van der Waals surface area contributed by atoms with E-state index in [9.17, 15) is 10.1 Å². The van der Waals surface area contributed by atoms with E-state index in [4.69, 9.17) is 11.6 Å². The summed E-state index contributed by atoms with van der Waals surface area (Å²) in [5.74, 6) is 0.677. The van der Waals surface area contributed by atoms with Crippen LogP contribution >= 0.6 is 11.6 Å². The monoisotopic (exact) mass is 307 g/mol. The van der Waals surface area contributed by atoms with E-state index >= 15 is 0 Å². The molecule has 0 bridgehead atoms. The third kappa shape index (κ3) is 2.88. The van der Waals surface area contributed by atoms with Gasteiger partial charge in [0.1, 0.15) is 12.0 Å². The molecule has 0 saturated carbocycles. The minimum absolute atomic E-state index is 0.0592. The Morgan fingerprint density at radius 1 is 1.38 bits per heavy atom. The van der Waals surface area contributed by atoms with Gasteiger partial charge in [0, 0.05) is 19.2 Å². The van der Waals surface area contributed by atoms with Crippen molar-refractivity contribution >= 4 is 23.1 Å². The standard InChI is InChI=1S/C15H18ClN3O2/c16-13-9-12(19(20)21)10-17-14(13)18-8-4-7-15(11-18)5-2-1-3-6-15/h1-2,9-10H,3-8,11H2. The minimum atomic E-state index is -0.466. The van der Waals surface area contributed by atoms with Crippen molar-refractivity contribution in [2.45, 2.75) is 32.1 Å². The second-order valence-electron chi connectivity index (χ2n) is 6.00. The molecule has 1 spiro atoms. The van der Waals surface area contributed by atoms with Crippen molar-refractivity contribution < 1.29 is 4.92 Å². The maximum absolute atomic E-state index is 10.8. The normalized spacial score (nSPS) is 25.3. The number of nitrogens with zero attached hydrogens (tertiary/aromatic N) is 3. The Balaban J connectivity index is 1.83. The predicted molar refractivity (Wildman–Crippen MR) is 82.8 cm³/mol. The average Bonchev–Trinajstić information content (AvgIpc) is 2.48. The van der Waals surface area contributed by atoms with Crippen LogP contribution in [0.15, 0.2) is 24.4 Å². The number of halogens is 1. The Hall–Kier alpha value is -1.62. The van der Waals surface area contributed by atoms with Crippen molar-refractivity contribution in [1.82, 2.24) is 4.98 Å². The van der Waals surface area contributed by atoms with Crippen LogP contribution < -0.4 is 4.90 Å². The van der Waals surface area contributed by atoms with Gasteiger partial charge in [0.15, 0.2) is 0 Å². The van der Waals surface area contributed by atoms with Crippen molar-refractivity contribution in [2.24, 2.45) is 5.41 Å². The van der Waals surface area contributed by atoms with Crippen molar-refractivity contribution in [3.8, 4) is 0 Å². The molecule has 2 heterocycles. The molecule has 0 radical (unpaired) electrons. The summed E-state index contributed by atoms with van der Waals surface area (Å²) in [5.41, 5.74) is 0.260. The van der Waals surface area contributed by atoms with Crippen LogP contribution in [-0.2, 0) is 0 Å². The molecule has 1 atom stereocenters. The van der Waals surface area contributed by atoms with E-state index < -0.39 is 4.92 Å². The molecule has 0 amide bonds. The fourth-order valence-electron chi connectivity index (χ4n) is 3.46. The Labute approximate surface area is 128 Å². The van der Waals surface area contributed by atoms with Gasteiger partial charge in [-0.15, -0.1) is 0 Å². The number of anilines is 1. The first kappa shape index (κ1) is 14.3. The molecule has 1 aliphatic heterocycles. The van der Waals surface area contributed by atoms with Gasteiger partial charge in [-0.3, -0.25) is 10.1 Å². The quantitative estimate of drug-likeness (QED) is 0.471. The van der Waals surface area contributed by atoms with E-state index in [-0.39, 0.29) is 5.69 Å². The number of hydrogen-bond acceptors (Lipinski definition) is 4. The molecule has 0 aromatic carbocycles. The second kappa shape index (κ2) is 5.64. The van der Waals surface area contributed by atoms with Gasteiger partial charge in [0.25, 0.3) is 5.69 Å². The molecule has 1 aromatic heterocycles. The number of piperidine rings is 1. The molecule has 6 heteroatoms. The maximum Gasteiger partial charge on any atom is 0.289 e. The molecule has 1 aliphatic carbocycles. The van der Waals surface area contributed by atoms with Crippen molar-refractivity contribution in [3.63, 3.8) is 0 Å². The number of hydrogen-bond donors (Lipinski definition) is 0. The first-order valence-electron chi connectivity index (χ1n) is 7.30. The van der Waals surface area contributed by atoms with Crippen LogP contribution in [0.5, 0.6) is 0 Å². The third-order valence-corrected chi connectivity index (χ3v) is 4.82. The van der Waals surface area contributed by atoms with Gasteiger partial charge in [-0.1, -0.05) is 23.8 Å². The number of nitro groups is 1. The smallest absolute Gasteiger partial charge is 0.289 e. The Bertz CT molecular complexity index is 590. The maximum atomic E-state index is 10.8. The first-order valence-corrected chi connectivity index (χ1v) is 7.67. The summed E-state index contributed by atoms with van der Waals surface area (Å²) >= 11 is 6.21. The topological polar surface area (TPSA) is 59.3 Å². The summed E-state index contributed by atoms with van der Waals surface area (Å²) in [6.07, 6.45) is 11.6. The van der Waals surface area contributed by atoms with E-state index in [1.807, 2.05) is 0 Å². The van der Waals surface area contributed by atoms with Gasteiger partial charge < -0.3 is 4.90 Å². The minimum Gasteiger partial charge on any atom is -0.355 e. The lowest BCUT2D eigenvalue weighted by Crippen LogP contribution is -2.44. The number of allylic oxidation sites excluding steroid dienone is 2. The van der Waals surface area contributed by atoms with Gasteiger partial charge in [0.2, 0.25) is 0 Å². The summed E-state index contributed by atoms with van der Waals surface area (Å²) < 4.78 is 0. The lowest BCUT2D eigenvalue weighted by molar-refractivity contribution is -0.385. The first-order chi connectivity index (χ1) is 10.1. The van der Waals surface area contributed by atoms with E-state index in [0.29, 0.717) is 16.3 Å². The third-order valence-electron chi connectivity index (χ3n) is 4.54. The summed E-state index contributed by atoms with van der Waals surface area (Å²) in [4.78, 5) is 16.7. The molecule has 1 aromatic rings. The van der Waals surface area contributed by atoms with Gasteiger partial charge in [-0.2, -0.15) is 0 Å². The second-order valence-corrected chi connectivity index (χ2v) is 6.40. The van der Waals surface area contributed by atoms with Crippen molar-refractivity contribution in [3.05, 3.63) is 39.6 Å². The lowest BCUT2D eigenvalue weighted by atomic mass is 9.71. The number of aromatic nitrogens is 1. The van der Waals surface area contributed by atoms with Crippen LogP contribution in [0.2, 0.25) is 5.02 Å². The van der Waals surface area contributed by atoms with Gasteiger partial charge in [0.05, 0.1) is 9.95 Å². The van der Waals surface area contributed by atoms with Crippen LogP contribution in [0.25, 0.3) is 0 Å².